The summed E-state index contributed by atoms with van der Waals surface area (Å²) in [4.78, 5) is 25.8. The van der Waals surface area contributed by atoms with Crippen LogP contribution in [0, 0.1) is 5.92 Å². The van der Waals surface area contributed by atoms with E-state index in [2.05, 4.69) is 11.4 Å². The summed E-state index contributed by atoms with van der Waals surface area (Å²) in [6.45, 7) is 3.15. The fourth-order valence-electron chi connectivity index (χ4n) is 3.17. The van der Waals surface area contributed by atoms with Crippen molar-refractivity contribution in [3.05, 3.63) is 29.8 Å². The van der Waals surface area contributed by atoms with E-state index in [4.69, 9.17) is 10.5 Å². The van der Waals surface area contributed by atoms with Gasteiger partial charge in [0, 0.05) is 32.6 Å². The number of aryl methyl sites for hydroxylation is 1. The Bertz CT molecular complexity index is 597. The molecule has 0 aromatic heterocycles. The summed E-state index contributed by atoms with van der Waals surface area (Å²) in [5.41, 5.74) is 7.19. The number of hydrogen-bond donors (Lipinski definition) is 2. The van der Waals surface area contributed by atoms with Crippen LogP contribution in [-0.4, -0.2) is 49.5 Å². The van der Waals surface area contributed by atoms with Crippen molar-refractivity contribution < 1.29 is 14.3 Å². The lowest BCUT2D eigenvalue weighted by Gasteiger charge is -2.23. The Morgan fingerprint density at radius 3 is 2.77 bits per heavy atom. The van der Waals surface area contributed by atoms with Crippen molar-refractivity contribution in [1.82, 2.24) is 10.2 Å². The van der Waals surface area contributed by atoms with Crippen molar-refractivity contribution in [1.29, 1.82) is 0 Å². The molecule has 0 aliphatic carbocycles. The number of likely N-dealkylation sites (tertiary alicyclic amines) is 1. The molecule has 146 valence electrons. The number of carbonyl (C=O) groups excluding carboxylic acids is 2. The van der Waals surface area contributed by atoms with E-state index in [0.29, 0.717) is 19.6 Å². The van der Waals surface area contributed by atoms with Gasteiger partial charge in [0.2, 0.25) is 11.8 Å². The van der Waals surface area contributed by atoms with Crippen molar-refractivity contribution in [2.24, 2.45) is 11.7 Å². The van der Waals surface area contributed by atoms with E-state index in [-0.39, 0.29) is 36.2 Å². The molecule has 0 spiro atoms. The SMILES string of the molecule is COc1cccc(CCCNC(=O)[C@@H]2CC[C@H](N)CN(C(C)=O)C2)c1.Cl. The molecule has 0 saturated carbocycles. The minimum Gasteiger partial charge on any atom is -0.497 e. The highest BCUT2D eigenvalue weighted by atomic mass is 35.5. The maximum Gasteiger partial charge on any atom is 0.224 e. The number of methoxy groups -OCH3 is 1. The number of ether oxygens (including phenoxy) is 1. The van der Waals surface area contributed by atoms with Crippen LogP contribution in [0.1, 0.15) is 31.7 Å². The highest BCUT2D eigenvalue weighted by molar-refractivity contribution is 5.85. The molecule has 3 N–H and O–H groups in total. The second-order valence-corrected chi connectivity index (χ2v) is 6.70. The zero-order chi connectivity index (χ0) is 18.2. The van der Waals surface area contributed by atoms with Crippen LogP contribution in [0.5, 0.6) is 5.75 Å². The number of amides is 2. The van der Waals surface area contributed by atoms with Crippen molar-refractivity contribution in [2.45, 2.75) is 38.6 Å². The molecule has 2 amide bonds. The fraction of sp³-hybridized carbons (Fsp3) is 0.579. The van der Waals surface area contributed by atoms with Gasteiger partial charge in [0.05, 0.1) is 13.0 Å². The van der Waals surface area contributed by atoms with E-state index in [1.165, 1.54) is 12.5 Å². The molecular formula is C19H30ClN3O3. The molecule has 1 saturated heterocycles. The normalized spacial score (nSPS) is 19.9. The average Bonchev–Trinajstić information content (AvgIpc) is 2.81. The molecule has 1 aliphatic rings. The number of benzene rings is 1. The highest BCUT2D eigenvalue weighted by Gasteiger charge is 2.27. The van der Waals surface area contributed by atoms with Crippen LogP contribution < -0.4 is 15.8 Å². The van der Waals surface area contributed by atoms with E-state index in [1.807, 2.05) is 18.2 Å². The number of rotatable bonds is 6. The van der Waals surface area contributed by atoms with Crippen molar-refractivity contribution in [2.75, 3.05) is 26.7 Å². The monoisotopic (exact) mass is 383 g/mol. The van der Waals surface area contributed by atoms with Crippen LogP contribution in [0.2, 0.25) is 0 Å². The molecule has 1 aliphatic heterocycles. The molecule has 6 nitrogen and oxygen atoms in total. The lowest BCUT2D eigenvalue weighted by molar-refractivity contribution is -0.131. The van der Waals surface area contributed by atoms with Crippen LogP contribution in [0.3, 0.4) is 0 Å². The number of nitrogens with zero attached hydrogens (tertiary/aromatic N) is 1. The van der Waals surface area contributed by atoms with Gasteiger partial charge in [0.25, 0.3) is 0 Å². The lowest BCUT2D eigenvalue weighted by Crippen LogP contribution is -2.42. The number of carbonyl (C=O) groups is 2. The summed E-state index contributed by atoms with van der Waals surface area (Å²) >= 11 is 0. The molecule has 1 heterocycles. The van der Waals surface area contributed by atoms with Gasteiger partial charge in [0.15, 0.2) is 0 Å². The molecule has 2 rings (SSSR count). The second kappa shape index (κ2) is 11.0. The Balaban J connectivity index is 0.00000338. The van der Waals surface area contributed by atoms with Gasteiger partial charge >= 0.3 is 0 Å². The first-order chi connectivity index (χ1) is 12.0. The van der Waals surface area contributed by atoms with Crippen LogP contribution >= 0.6 is 12.4 Å². The molecule has 2 atom stereocenters. The van der Waals surface area contributed by atoms with E-state index >= 15 is 0 Å². The first-order valence-electron chi connectivity index (χ1n) is 8.91. The maximum absolute atomic E-state index is 12.4. The van der Waals surface area contributed by atoms with Gasteiger partial charge in [-0.2, -0.15) is 0 Å². The van der Waals surface area contributed by atoms with E-state index in [0.717, 1.165) is 31.4 Å². The molecule has 1 fully saturated rings. The Morgan fingerprint density at radius 1 is 1.31 bits per heavy atom. The largest absolute Gasteiger partial charge is 0.497 e. The van der Waals surface area contributed by atoms with E-state index in [1.54, 1.807) is 12.0 Å². The van der Waals surface area contributed by atoms with Crippen LogP contribution in [0.4, 0.5) is 0 Å². The number of nitrogens with two attached hydrogens (primary N) is 1. The van der Waals surface area contributed by atoms with E-state index in [9.17, 15) is 9.59 Å². The third-order valence-electron chi connectivity index (χ3n) is 4.67. The summed E-state index contributed by atoms with van der Waals surface area (Å²) in [6.07, 6.45) is 3.24. The molecule has 1 aromatic carbocycles. The standard InChI is InChI=1S/C19H29N3O3.ClH/c1-14(23)22-12-16(8-9-17(20)13-22)19(24)21-10-4-6-15-5-3-7-18(11-15)25-2;/h3,5,7,11,16-17H,4,6,8-10,12-13,20H2,1-2H3,(H,21,24);1H/t16-,17+;/m1./s1. The van der Waals surface area contributed by atoms with Crippen molar-refractivity contribution >= 4 is 24.2 Å². The quantitative estimate of drug-likeness (QED) is 0.733. The van der Waals surface area contributed by atoms with Crippen LogP contribution in [0.15, 0.2) is 24.3 Å². The summed E-state index contributed by atoms with van der Waals surface area (Å²) < 4.78 is 5.22. The van der Waals surface area contributed by atoms with Crippen molar-refractivity contribution in [3.63, 3.8) is 0 Å². The van der Waals surface area contributed by atoms with Crippen LogP contribution in [-0.2, 0) is 16.0 Å². The van der Waals surface area contributed by atoms with Gasteiger partial charge in [-0.3, -0.25) is 9.59 Å². The molecule has 1 aromatic rings. The number of hydrogen-bond acceptors (Lipinski definition) is 4. The Labute approximate surface area is 161 Å². The summed E-state index contributed by atoms with van der Waals surface area (Å²) in [5.74, 6) is 0.675. The van der Waals surface area contributed by atoms with Gasteiger partial charge in [-0.05, 0) is 43.4 Å². The van der Waals surface area contributed by atoms with E-state index < -0.39 is 0 Å². The van der Waals surface area contributed by atoms with Gasteiger partial charge in [0.1, 0.15) is 5.75 Å². The smallest absolute Gasteiger partial charge is 0.224 e. The third kappa shape index (κ3) is 6.84. The molecule has 0 radical (unpaired) electrons. The zero-order valence-corrected chi connectivity index (χ0v) is 16.4. The summed E-state index contributed by atoms with van der Waals surface area (Å²) in [5, 5.41) is 3.00. The predicted octanol–water partition coefficient (Wildman–Crippen LogP) is 1.75. The fourth-order valence-corrected chi connectivity index (χ4v) is 3.17. The molecule has 7 heteroatoms. The van der Waals surface area contributed by atoms with Crippen molar-refractivity contribution in [3.8, 4) is 5.75 Å². The molecule has 0 unspecified atom stereocenters. The first-order valence-corrected chi connectivity index (χ1v) is 8.91. The number of halogens is 1. The maximum atomic E-state index is 12.4. The number of nitrogens with one attached hydrogen (secondary N) is 1. The van der Waals surface area contributed by atoms with Gasteiger partial charge in [-0.15, -0.1) is 12.4 Å². The molecular weight excluding hydrogens is 354 g/mol. The topological polar surface area (TPSA) is 84.7 Å². The minimum atomic E-state index is -0.172. The second-order valence-electron chi connectivity index (χ2n) is 6.70. The minimum absolute atomic E-state index is 0. The molecule has 26 heavy (non-hydrogen) atoms. The summed E-state index contributed by atoms with van der Waals surface area (Å²) in [7, 11) is 1.66. The predicted molar refractivity (Wildman–Crippen MR) is 105 cm³/mol. The lowest BCUT2D eigenvalue weighted by atomic mass is 10.0. The Morgan fingerprint density at radius 2 is 2.08 bits per heavy atom. The van der Waals surface area contributed by atoms with Gasteiger partial charge < -0.3 is 20.7 Å². The average molecular weight is 384 g/mol. The Hall–Kier alpha value is -1.79. The Kier molecular flexibility index (Phi) is 9.44. The first kappa shape index (κ1) is 22.3. The zero-order valence-electron chi connectivity index (χ0n) is 15.6. The highest BCUT2D eigenvalue weighted by Crippen LogP contribution is 2.17. The molecule has 0 bridgehead atoms. The van der Waals surface area contributed by atoms with Gasteiger partial charge in [-0.25, -0.2) is 0 Å². The third-order valence-corrected chi connectivity index (χ3v) is 4.67. The van der Waals surface area contributed by atoms with Crippen LogP contribution in [0.25, 0.3) is 0 Å². The van der Waals surface area contributed by atoms with Gasteiger partial charge in [-0.1, -0.05) is 12.1 Å². The summed E-state index contributed by atoms with van der Waals surface area (Å²) in [6, 6.07) is 7.91.